The van der Waals surface area contributed by atoms with Gasteiger partial charge in [-0.3, -0.25) is 0 Å². The highest BCUT2D eigenvalue weighted by atomic mass is 32.1. The van der Waals surface area contributed by atoms with Gasteiger partial charge in [-0.15, -0.1) is 11.3 Å². The van der Waals surface area contributed by atoms with Gasteiger partial charge in [0.15, 0.2) is 17.5 Å². The maximum atomic E-state index is 5.19. The molecule has 0 radical (unpaired) electrons. The summed E-state index contributed by atoms with van der Waals surface area (Å²) in [6.07, 6.45) is 0. The van der Waals surface area contributed by atoms with E-state index in [1.165, 1.54) is 63.8 Å². The standard InChI is InChI=1S/C53H32N4S/c1-2-12-33(13-3-1)36-18-10-19-39(28-36)51-54-52(40-25-24-34-14-4-5-15-35(34)29-40)56-53(55-51)41-26-27-43-49(32-41)58-48-23-11-22-46(50(43)48)57-45-21-9-8-20-42(45)44-30-37-16-6-7-17-38(37)31-47(44)57/h1-32H. The van der Waals surface area contributed by atoms with E-state index in [2.05, 4.69) is 193 Å². The van der Waals surface area contributed by atoms with Gasteiger partial charge in [-0.25, -0.2) is 15.0 Å². The fourth-order valence-electron chi connectivity index (χ4n) is 8.61. The van der Waals surface area contributed by atoms with Gasteiger partial charge in [0.25, 0.3) is 0 Å². The minimum Gasteiger partial charge on any atom is -0.309 e. The smallest absolute Gasteiger partial charge is 0.164 e. The van der Waals surface area contributed by atoms with E-state index in [0.29, 0.717) is 17.5 Å². The Bertz CT molecular complexity index is 3580. The Morgan fingerprint density at radius 1 is 0.328 bits per heavy atom. The lowest BCUT2D eigenvalue weighted by Crippen LogP contribution is -2.00. The molecular weight excluding hydrogens is 725 g/mol. The minimum absolute atomic E-state index is 0.642. The highest BCUT2D eigenvalue weighted by Crippen LogP contribution is 2.43. The Morgan fingerprint density at radius 2 is 0.931 bits per heavy atom. The first-order valence-electron chi connectivity index (χ1n) is 19.5. The molecule has 0 spiro atoms. The van der Waals surface area contributed by atoms with Crippen LogP contribution in [-0.4, -0.2) is 19.5 Å². The van der Waals surface area contributed by atoms with Crippen LogP contribution in [0.1, 0.15) is 0 Å². The second kappa shape index (κ2) is 13.1. The lowest BCUT2D eigenvalue weighted by atomic mass is 10.0. The quantitative estimate of drug-likeness (QED) is 0.176. The zero-order chi connectivity index (χ0) is 38.2. The predicted octanol–water partition coefficient (Wildman–Crippen LogP) is 14.3. The van der Waals surface area contributed by atoms with Crippen molar-refractivity contribution in [2.75, 3.05) is 0 Å². The van der Waals surface area contributed by atoms with E-state index in [0.717, 1.165) is 33.2 Å². The third-order valence-electron chi connectivity index (χ3n) is 11.4. The summed E-state index contributed by atoms with van der Waals surface area (Å²) in [4.78, 5) is 15.5. The summed E-state index contributed by atoms with van der Waals surface area (Å²) in [5, 5.41) is 9.78. The van der Waals surface area contributed by atoms with Crippen LogP contribution in [0.3, 0.4) is 0 Å². The molecule has 0 N–H and O–H groups in total. The number of hydrogen-bond donors (Lipinski definition) is 0. The molecule has 5 heteroatoms. The van der Waals surface area contributed by atoms with Gasteiger partial charge in [0.2, 0.25) is 0 Å². The molecule has 4 nitrogen and oxygen atoms in total. The number of hydrogen-bond acceptors (Lipinski definition) is 4. The van der Waals surface area contributed by atoms with E-state index in [-0.39, 0.29) is 0 Å². The second-order valence-corrected chi connectivity index (χ2v) is 15.9. The van der Waals surface area contributed by atoms with Gasteiger partial charge in [0.05, 0.1) is 16.7 Å². The molecule has 3 aromatic heterocycles. The SMILES string of the molecule is c1ccc(-c2cccc(-c3nc(-c4ccc5ccccc5c4)nc(-c4ccc5c(c4)sc4cccc(-n6c7ccccc7c7cc8ccccc8cc76)c45)n3)c2)cc1. The van der Waals surface area contributed by atoms with Crippen LogP contribution in [0.2, 0.25) is 0 Å². The molecule has 9 aromatic carbocycles. The molecule has 0 aliphatic heterocycles. The number of aromatic nitrogens is 4. The van der Waals surface area contributed by atoms with Crippen molar-refractivity contribution >= 4 is 74.9 Å². The highest BCUT2D eigenvalue weighted by Gasteiger charge is 2.19. The fraction of sp³-hybridized carbons (Fsp3) is 0. The molecule has 270 valence electrons. The molecule has 0 unspecified atom stereocenters. The van der Waals surface area contributed by atoms with Gasteiger partial charge in [-0.2, -0.15) is 0 Å². The van der Waals surface area contributed by atoms with Gasteiger partial charge >= 0.3 is 0 Å². The Labute approximate surface area is 338 Å². The predicted molar refractivity (Wildman–Crippen MR) is 244 cm³/mol. The first-order valence-corrected chi connectivity index (χ1v) is 20.3. The molecule has 0 fully saturated rings. The van der Waals surface area contributed by atoms with E-state index in [1.54, 1.807) is 0 Å². The normalized spacial score (nSPS) is 11.8. The average molecular weight is 757 g/mol. The molecule has 0 amide bonds. The van der Waals surface area contributed by atoms with Crippen molar-refractivity contribution in [1.29, 1.82) is 0 Å². The Balaban J connectivity index is 1.04. The molecule has 0 saturated carbocycles. The van der Waals surface area contributed by atoms with Crippen molar-refractivity contribution in [2.45, 2.75) is 0 Å². The summed E-state index contributed by atoms with van der Waals surface area (Å²) in [5.41, 5.74) is 8.70. The molecule has 3 heterocycles. The zero-order valence-electron chi connectivity index (χ0n) is 31.2. The summed E-state index contributed by atoms with van der Waals surface area (Å²) < 4.78 is 4.88. The van der Waals surface area contributed by atoms with Gasteiger partial charge < -0.3 is 4.57 Å². The first kappa shape index (κ1) is 32.7. The third kappa shape index (κ3) is 5.32. The monoisotopic (exact) mass is 756 g/mol. The van der Waals surface area contributed by atoms with Gasteiger partial charge in [0.1, 0.15) is 0 Å². The molecule has 0 aliphatic carbocycles. The van der Waals surface area contributed by atoms with Crippen LogP contribution in [0.4, 0.5) is 0 Å². The van der Waals surface area contributed by atoms with Crippen LogP contribution < -0.4 is 0 Å². The van der Waals surface area contributed by atoms with Gasteiger partial charge in [-0.05, 0) is 81.2 Å². The van der Waals surface area contributed by atoms with Crippen molar-refractivity contribution in [3.05, 3.63) is 194 Å². The Morgan fingerprint density at radius 3 is 1.74 bits per heavy atom. The van der Waals surface area contributed by atoms with Gasteiger partial charge in [-0.1, -0.05) is 146 Å². The van der Waals surface area contributed by atoms with E-state index >= 15 is 0 Å². The average Bonchev–Trinajstić information content (AvgIpc) is 3.83. The summed E-state index contributed by atoms with van der Waals surface area (Å²) in [5.74, 6) is 1.93. The molecule has 0 bridgehead atoms. The van der Waals surface area contributed by atoms with E-state index < -0.39 is 0 Å². The summed E-state index contributed by atoms with van der Waals surface area (Å²) in [6.45, 7) is 0. The molecule has 58 heavy (non-hydrogen) atoms. The van der Waals surface area contributed by atoms with E-state index in [9.17, 15) is 0 Å². The maximum Gasteiger partial charge on any atom is 0.164 e. The molecule has 12 rings (SSSR count). The first-order chi connectivity index (χ1) is 28.7. The van der Waals surface area contributed by atoms with E-state index in [4.69, 9.17) is 15.0 Å². The molecular formula is C53H32N4S. The van der Waals surface area contributed by atoms with Crippen molar-refractivity contribution in [2.24, 2.45) is 0 Å². The molecule has 0 atom stereocenters. The fourth-order valence-corrected chi connectivity index (χ4v) is 9.77. The van der Waals surface area contributed by atoms with Crippen LogP contribution in [0, 0.1) is 0 Å². The summed E-state index contributed by atoms with van der Waals surface area (Å²) >= 11 is 1.81. The van der Waals surface area contributed by atoms with Crippen molar-refractivity contribution in [3.63, 3.8) is 0 Å². The molecule has 0 saturated heterocycles. The highest BCUT2D eigenvalue weighted by molar-refractivity contribution is 7.26. The second-order valence-electron chi connectivity index (χ2n) is 14.8. The van der Waals surface area contributed by atoms with Gasteiger partial charge in [0, 0.05) is 47.6 Å². The Hall–Kier alpha value is -7.47. The number of fused-ring (bicyclic) bond motifs is 8. The third-order valence-corrected chi connectivity index (χ3v) is 12.5. The lowest BCUT2D eigenvalue weighted by molar-refractivity contribution is 1.08. The van der Waals surface area contributed by atoms with Crippen LogP contribution in [0.15, 0.2) is 194 Å². The molecule has 12 aromatic rings. The summed E-state index contributed by atoms with van der Waals surface area (Å²) in [7, 11) is 0. The number of para-hydroxylation sites is 1. The number of benzene rings is 9. The lowest BCUT2D eigenvalue weighted by Gasteiger charge is -2.11. The largest absolute Gasteiger partial charge is 0.309 e. The number of thiophene rings is 1. The molecule has 0 aliphatic rings. The van der Waals surface area contributed by atoms with Crippen molar-refractivity contribution in [3.8, 4) is 51.0 Å². The van der Waals surface area contributed by atoms with Crippen LogP contribution in [0.25, 0.3) is 115 Å². The number of rotatable bonds is 5. The van der Waals surface area contributed by atoms with E-state index in [1.807, 2.05) is 17.4 Å². The maximum absolute atomic E-state index is 5.19. The topological polar surface area (TPSA) is 43.6 Å². The van der Waals surface area contributed by atoms with Crippen LogP contribution in [0.5, 0.6) is 0 Å². The van der Waals surface area contributed by atoms with Crippen LogP contribution >= 0.6 is 11.3 Å². The zero-order valence-corrected chi connectivity index (χ0v) is 32.0. The summed E-state index contributed by atoms with van der Waals surface area (Å²) in [6, 6.07) is 69.2. The minimum atomic E-state index is 0.642. The number of nitrogens with zero attached hydrogens (tertiary/aromatic N) is 4. The Kier molecular flexibility index (Phi) is 7.37. The van der Waals surface area contributed by atoms with Crippen LogP contribution in [-0.2, 0) is 0 Å². The van der Waals surface area contributed by atoms with Crippen molar-refractivity contribution < 1.29 is 0 Å². The van der Waals surface area contributed by atoms with Crippen molar-refractivity contribution in [1.82, 2.24) is 19.5 Å².